The largest absolute Gasteiger partial charge is 0.496 e. The van der Waals surface area contributed by atoms with Crippen molar-refractivity contribution in [3.63, 3.8) is 0 Å². The molecule has 1 unspecified atom stereocenters. The standard InChI is InChI=1S/C11H13NO2/c1-14-11-7-3-2-5-9(11)10(13)6-4-8-12/h2-3,5,7,10,13H,4,6H2,1H3. The van der Waals surface area contributed by atoms with Gasteiger partial charge in [-0.05, 0) is 12.5 Å². The first-order valence-electron chi connectivity index (χ1n) is 4.47. The Morgan fingerprint density at radius 3 is 2.86 bits per heavy atom. The Bertz CT molecular complexity index is 330. The molecule has 14 heavy (non-hydrogen) atoms. The molecule has 0 spiro atoms. The van der Waals surface area contributed by atoms with Gasteiger partial charge in [0.15, 0.2) is 0 Å². The Hall–Kier alpha value is -1.53. The van der Waals surface area contributed by atoms with Crippen molar-refractivity contribution in [1.82, 2.24) is 0 Å². The van der Waals surface area contributed by atoms with E-state index in [-0.39, 0.29) is 0 Å². The molecule has 0 saturated carbocycles. The number of rotatable bonds is 4. The van der Waals surface area contributed by atoms with Crippen LogP contribution in [0.4, 0.5) is 0 Å². The van der Waals surface area contributed by atoms with Crippen molar-refractivity contribution in [2.75, 3.05) is 7.11 Å². The summed E-state index contributed by atoms with van der Waals surface area (Å²) in [5.74, 6) is 0.665. The molecule has 74 valence electrons. The van der Waals surface area contributed by atoms with Crippen molar-refractivity contribution in [2.45, 2.75) is 18.9 Å². The lowest BCUT2D eigenvalue weighted by molar-refractivity contribution is 0.165. The number of para-hydroxylation sites is 1. The van der Waals surface area contributed by atoms with Crippen LogP contribution in [0.2, 0.25) is 0 Å². The van der Waals surface area contributed by atoms with Gasteiger partial charge in [0.25, 0.3) is 0 Å². The molecule has 0 aromatic heterocycles. The van der Waals surface area contributed by atoms with E-state index in [2.05, 4.69) is 0 Å². The van der Waals surface area contributed by atoms with Crippen molar-refractivity contribution in [2.24, 2.45) is 0 Å². The van der Waals surface area contributed by atoms with Crippen molar-refractivity contribution in [3.8, 4) is 11.8 Å². The smallest absolute Gasteiger partial charge is 0.124 e. The first-order valence-corrected chi connectivity index (χ1v) is 4.47. The third-order valence-corrected chi connectivity index (χ3v) is 2.03. The number of nitrogens with zero attached hydrogens (tertiary/aromatic N) is 1. The molecule has 1 atom stereocenters. The molecule has 0 fully saturated rings. The fraction of sp³-hybridized carbons (Fsp3) is 0.364. The summed E-state index contributed by atoms with van der Waals surface area (Å²) in [7, 11) is 1.57. The molecule has 0 amide bonds. The first-order chi connectivity index (χ1) is 6.79. The zero-order valence-corrected chi connectivity index (χ0v) is 8.10. The number of methoxy groups -OCH3 is 1. The van der Waals surface area contributed by atoms with Crippen molar-refractivity contribution < 1.29 is 9.84 Å². The fourth-order valence-corrected chi connectivity index (χ4v) is 1.30. The molecule has 0 aliphatic heterocycles. The highest BCUT2D eigenvalue weighted by Crippen LogP contribution is 2.27. The molecule has 0 aliphatic carbocycles. The second kappa shape index (κ2) is 5.25. The summed E-state index contributed by atoms with van der Waals surface area (Å²) < 4.78 is 5.10. The minimum atomic E-state index is -0.620. The molecule has 1 rings (SSSR count). The van der Waals surface area contributed by atoms with Gasteiger partial charge in [0.2, 0.25) is 0 Å². The molecule has 3 heteroatoms. The Morgan fingerprint density at radius 1 is 1.50 bits per heavy atom. The number of hydrogen-bond acceptors (Lipinski definition) is 3. The normalized spacial score (nSPS) is 11.8. The number of hydrogen-bond donors (Lipinski definition) is 1. The third kappa shape index (κ3) is 2.48. The van der Waals surface area contributed by atoms with E-state index >= 15 is 0 Å². The predicted octanol–water partition coefficient (Wildman–Crippen LogP) is 2.03. The summed E-state index contributed by atoms with van der Waals surface area (Å²) in [6.07, 6.45) is 0.168. The van der Waals surface area contributed by atoms with E-state index in [4.69, 9.17) is 10.00 Å². The van der Waals surface area contributed by atoms with Gasteiger partial charge in [0.1, 0.15) is 5.75 Å². The van der Waals surface area contributed by atoms with Gasteiger partial charge in [-0.15, -0.1) is 0 Å². The molecule has 1 N–H and O–H groups in total. The van der Waals surface area contributed by atoms with Crippen molar-refractivity contribution >= 4 is 0 Å². The molecule has 0 bridgehead atoms. The van der Waals surface area contributed by atoms with E-state index in [9.17, 15) is 5.11 Å². The van der Waals surface area contributed by atoms with Gasteiger partial charge < -0.3 is 9.84 Å². The molecule has 0 radical (unpaired) electrons. The molecule has 0 saturated heterocycles. The van der Waals surface area contributed by atoms with Crippen LogP contribution in [-0.4, -0.2) is 12.2 Å². The zero-order valence-electron chi connectivity index (χ0n) is 8.10. The second-order valence-corrected chi connectivity index (χ2v) is 2.95. The maximum Gasteiger partial charge on any atom is 0.124 e. The van der Waals surface area contributed by atoms with Gasteiger partial charge >= 0.3 is 0 Å². The topological polar surface area (TPSA) is 53.2 Å². The van der Waals surface area contributed by atoms with Crippen molar-refractivity contribution in [3.05, 3.63) is 29.8 Å². The van der Waals surface area contributed by atoms with Gasteiger partial charge in [0.05, 0.1) is 19.3 Å². The minimum absolute atomic E-state index is 0.346. The number of aliphatic hydroxyl groups is 1. The lowest BCUT2D eigenvalue weighted by Gasteiger charge is -2.12. The first kappa shape index (κ1) is 10.6. The Balaban J connectivity index is 2.78. The van der Waals surface area contributed by atoms with Crippen LogP contribution >= 0.6 is 0 Å². The Kier molecular flexibility index (Phi) is 3.96. The molecular formula is C11H13NO2. The summed E-state index contributed by atoms with van der Waals surface area (Å²) >= 11 is 0. The summed E-state index contributed by atoms with van der Waals surface area (Å²) in [5.41, 5.74) is 0.741. The number of aliphatic hydroxyl groups excluding tert-OH is 1. The average molecular weight is 191 g/mol. The summed E-state index contributed by atoms with van der Waals surface area (Å²) in [4.78, 5) is 0. The quantitative estimate of drug-likeness (QED) is 0.792. The van der Waals surface area contributed by atoms with Crippen LogP contribution in [0.15, 0.2) is 24.3 Å². The molecule has 1 aromatic carbocycles. The number of nitriles is 1. The van der Waals surface area contributed by atoms with Gasteiger partial charge in [-0.2, -0.15) is 5.26 Å². The highest BCUT2D eigenvalue weighted by atomic mass is 16.5. The van der Waals surface area contributed by atoms with Crippen LogP contribution < -0.4 is 4.74 Å². The van der Waals surface area contributed by atoms with E-state index in [1.54, 1.807) is 19.2 Å². The second-order valence-electron chi connectivity index (χ2n) is 2.95. The third-order valence-electron chi connectivity index (χ3n) is 2.03. The molecule has 1 aromatic rings. The van der Waals surface area contributed by atoms with Crippen LogP contribution in [0.25, 0.3) is 0 Å². The Morgan fingerprint density at radius 2 is 2.21 bits per heavy atom. The molecule has 3 nitrogen and oxygen atoms in total. The minimum Gasteiger partial charge on any atom is -0.496 e. The monoisotopic (exact) mass is 191 g/mol. The molecule has 0 heterocycles. The number of ether oxygens (including phenoxy) is 1. The lowest BCUT2D eigenvalue weighted by atomic mass is 10.0. The van der Waals surface area contributed by atoms with Crippen LogP contribution in [0.5, 0.6) is 5.75 Å². The average Bonchev–Trinajstić information content (AvgIpc) is 2.25. The van der Waals surface area contributed by atoms with Gasteiger partial charge in [-0.3, -0.25) is 0 Å². The molecule has 0 aliphatic rings. The lowest BCUT2D eigenvalue weighted by Crippen LogP contribution is -1.99. The van der Waals surface area contributed by atoms with Crippen LogP contribution in [0.3, 0.4) is 0 Å². The summed E-state index contributed by atoms with van der Waals surface area (Å²) in [6, 6.07) is 9.30. The predicted molar refractivity (Wildman–Crippen MR) is 52.8 cm³/mol. The fourth-order valence-electron chi connectivity index (χ4n) is 1.30. The SMILES string of the molecule is COc1ccccc1C(O)CCC#N. The summed E-state index contributed by atoms with van der Waals surface area (Å²) in [5, 5.41) is 18.1. The zero-order chi connectivity index (χ0) is 10.4. The van der Waals surface area contributed by atoms with Crippen molar-refractivity contribution in [1.29, 1.82) is 5.26 Å². The van der Waals surface area contributed by atoms with Gasteiger partial charge in [-0.1, -0.05) is 18.2 Å². The van der Waals surface area contributed by atoms with E-state index in [0.717, 1.165) is 5.56 Å². The number of benzene rings is 1. The van der Waals surface area contributed by atoms with Gasteiger partial charge in [-0.25, -0.2) is 0 Å². The highest BCUT2D eigenvalue weighted by Gasteiger charge is 2.11. The van der Waals surface area contributed by atoms with Crippen LogP contribution in [0, 0.1) is 11.3 Å². The Labute approximate surface area is 83.6 Å². The molecular weight excluding hydrogens is 178 g/mol. The van der Waals surface area contributed by atoms with E-state index in [1.807, 2.05) is 18.2 Å². The van der Waals surface area contributed by atoms with Crippen LogP contribution in [-0.2, 0) is 0 Å². The van der Waals surface area contributed by atoms with Gasteiger partial charge in [0, 0.05) is 12.0 Å². The maximum atomic E-state index is 9.73. The van der Waals surface area contributed by atoms with Crippen LogP contribution in [0.1, 0.15) is 24.5 Å². The maximum absolute atomic E-state index is 9.73. The van der Waals surface area contributed by atoms with E-state index in [1.165, 1.54) is 0 Å². The van der Waals surface area contributed by atoms with E-state index in [0.29, 0.717) is 18.6 Å². The van der Waals surface area contributed by atoms with E-state index < -0.39 is 6.10 Å². The highest BCUT2D eigenvalue weighted by molar-refractivity contribution is 5.34. The summed E-state index contributed by atoms with van der Waals surface area (Å²) in [6.45, 7) is 0.